The lowest BCUT2D eigenvalue weighted by Gasteiger charge is -2.42. The lowest BCUT2D eigenvalue weighted by molar-refractivity contribution is -0.0461. The van der Waals surface area contributed by atoms with Crippen LogP contribution in [0.5, 0.6) is 0 Å². The highest BCUT2D eigenvalue weighted by Gasteiger charge is 2.54. The Morgan fingerprint density at radius 1 is 1.21 bits per heavy atom. The number of carbonyl (C=O) groups excluding carboxylic acids is 1. The summed E-state index contributed by atoms with van der Waals surface area (Å²) in [6, 6.07) is 14.0. The maximum absolute atomic E-state index is 13.4. The first-order valence-corrected chi connectivity index (χ1v) is 12.0. The van der Waals surface area contributed by atoms with Gasteiger partial charge in [-0.2, -0.15) is 5.10 Å². The first-order valence-electron chi connectivity index (χ1n) is 12.0. The summed E-state index contributed by atoms with van der Waals surface area (Å²) in [5.41, 5.74) is 4.51. The number of aromatic nitrogens is 2. The van der Waals surface area contributed by atoms with Gasteiger partial charge in [0.05, 0.1) is 23.2 Å². The summed E-state index contributed by atoms with van der Waals surface area (Å²) in [5.74, 6) is -0.343. The predicted molar refractivity (Wildman–Crippen MR) is 130 cm³/mol. The molecule has 1 aromatic heterocycles. The molecular weight excluding hydrogens is 429 g/mol. The van der Waals surface area contributed by atoms with Crippen LogP contribution in [-0.2, 0) is 12.8 Å². The highest BCUT2D eigenvalue weighted by molar-refractivity contribution is 5.95. The predicted octanol–water partition coefficient (Wildman–Crippen LogP) is 4.86. The van der Waals surface area contributed by atoms with Crippen LogP contribution in [0.2, 0.25) is 0 Å². The molecule has 6 heteroatoms. The molecule has 2 N–H and O–H groups in total. The zero-order valence-electron chi connectivity index (χ0n) is 19.6. The van der Waals surface area contributed by atoms with E-state index in [0.29, 0.717) is 37.8 Å². The average Bonchev–Trinajstić information content (AvgIpc) is 3.35. The topological polar surface area (TPSA) is 67.2 Å². The first kappa shape index (κ1) is 22.5. The Balaban J connectivity index is 1.41. The van der Waals surface area contributed by atoms with Crippen molar-refractivity contribution in [2.45, 2.75) is 51.6 Å². The smallest absolute Gasteiger partial charge is 0.251 e. The van der Waals surface area contributed by atoms with Gasteiger partial charge in [-0.25, -0.2) is 9.07 Å². The van der Waals surface area contributed by atoms with Crippen molar-refractivity contribution in [3.05, 3.63) is 88.5 Å². The van der Waals surface area contributed by atoms with Crippen molar-refractivity contribution in [1.82, 2.24) is 15.1 Å². The van der Waals surface area contributed by atoms with E-state index in [1.165, 1.54) is 17.7 Å². The number of nitrogens with one attached hydrogen (secondary N) is 1. The number of hydrogen-bond acceptors (Lipinski definition) is 3. The number of aliphatic hydroxyl groups is 1. The molecule has 1 saturated carbocycles. The first-order chi connectivity index (χ1) is 16.3. The molecule has 2 aliphatic rings. The number of fused-ring (bicyclic) bond motifs is 2. The van der Waals surface area contributed by atoms with Crippen LogP contribution in [0.3, 0.4) is 0 Å². The Hall–Kier alpha value is -3.25. The molecule has 176 valence electrons. The summed E-state index contributed by atoms with van der Waals surface area (Å²) in [6.45, 7) is 4.64. The van der Waals surface area contributed by atoms with Crippen molar-refractivity contribution in [2.24, 2.45) is 5.41 Å². The maximum Gasteiger partial charge on any atom is 0.251 e. The number of hydrogen-bond donors (Lipinski definition) is 2. The van der Waals surface area contributed by atoms with E-state index in [0.717, 1.165) is 28.9 Å². The van der Waals surface area contributed by atoms with Gasteiger partial charge in [0, 0.05) is 17.5 Å². The molecule has 2 atom stereocenters. The second-order valence-corrected chi connectivity index (χ2v) is 9.67. The van der Waals surface area contributed by atoms with Gasteiger partial charge in [-0.15, -0.1) is 0 Å². The molecule has 1 amide bonds. The van der Waals surface area contributed by atoms with Crippen LogP contribution in [0.1, 0.15) is 60.3 Å². The van der Waals surface area contributed by atoms with Gasteiger partial charge in [0.25, 0.3) is 5.91 Å². The van der Waals surface area contributed by atoms with Crippen LogP contribution < -0.4 is 5.32 Å². The quantitative estimate of drug-likeness (QED) is 0.553. The zero-order chi connectivity index (χ0) is 23.9. The largest absolute Gasteiger partial charge is 0.389 e. The molecule has 0 aliphatic heterocycles. The third-order valence-electron chi connectivity index (χ3n) is 7.76. The Bertz CT molecular complexity index is 1260. The summed E-state index contributed by atoms with van der Waals surface area (Å²) < 4.78 is 15.2. The second-order valence-electron chi connectivity index (χ2n) is 9.67. The Morgan fingerprint density at radius 3 is 2.74 bits per heavy atom. The van der Waals surface area contributed by atoms with Crippen LogP contribution in [0.25, 0.3) is 11.8 Å². The van der Waals surface area contributed by atoms with E-state index in [1.54, 1.807) is 12.1 Å². The highest BCUT2D eigenvalue weighted by atomic mass is 19.1. The molecule has 2 aliphatic carbocycles. The monoisotopic (exact) mass is 459 g/mol. The molecule has 1 heterocycles. The molecular formula is C28H30FN3O2. The minimum absolute atomic E-state index is 0.0705. The van der Waals surface area contributed by atoms with E-state index >= 15 is 0 Å². The van der Waals surface area contributed by atoms with Gasteiger partial charge in [0.2, 0.25) is 0 Å². The minimum atomic E-state index is -0.872. The fraction of sp³-hybridized carbons (Fsp3) is 0.357. The van der Waals surface area contributed by atoms with Gasteiger partial charge in [0.15, 0.2) is 0 Å². The van der Waals surface area contributed by atoms with Gasteiger partial charge < -0.3 is 10.4 Å². The molecule has 1 unspecified atom stereocenters. The molecule has 34 heavy (non-hydrogen) atoms. The Morgan fingerprint density at radius 2 is 1.97 bits per heavy atom. The molecule has 0 saturated heterocycles. The van der Waals surface area contributed by atoms with E-state index in [9.17, 15) is 14.3 Å². The van der Waals surface area contributed by atoms with Gasteiger partial charge in [-0.3, -0.25) is 4.79 Å². The summed E-state index contributed by atoms with van der Waals surface area (Å²) in [6.07, 6.45) is 7.44. The van der Waals surface area contributed by atoms with Crippen LogP contribution in [0.4, 0.5) is 4.39 Å². The van der Waals surface area contributed by atoms with Crippen LogP contribution in [-0.4, -0.2) is 32.9 Å². The number of nitrogens with zero attached hydrogens (tertiary/aromatic N) is 2. The van der Waals surface area contributed by atoms with Crippen molar-refractivity contribution >= 4 is 12.0 Å². The highest BCUT2D eigenvalue weighted by Crippen LogP contribution is 2.56. The standard InChI is InChI=1S/C28H30FN3O2/c1-3-30-26(33)24-7-5-4-6-19(24)12-14-28(34)15-13-21-16-25-20(17-27(21,28)2)18-31-32(25)23-10-8-22(29)9-11-23/h4-11,16,18,34H,3,12-15,17H2,1-2H3,(H,30,33)/t27?,28-/m0/s1. The number of amides is 1. The molecule has 1 fully saturated rings. The summed E-state index contributed by atoms with van der Waals surface area (Å²) in [4.78, 5) is 12.5. The van der Waals surface area contributed by atoms with E-state index < -0.39 is 11.0 Å². The van der Waals surface area contributed by atoms with Crippen molar-refractivity contribution < 1.29 is 14.3 Å². The number of aryl methyl sites for hydroxylation is 1. The number of benzene rings is 2. The third-order valence-corrected chi connectivity index (χ3v) is 7.76. The van der Waals surface area contributed by atoms with E-state index in [-0.39, 0.29) is 11.7 Å². The van der Waals surface area contributed by atoms with Crippen LogP contribution in [0.15, 0.2) is 60.3 Å². The fourth-order valence-corrected chi connectivity index (χ4v) is 5.68. The van der Waals surface area contributed by atoms with Gasteiger partial charge in [-0.1, -0.05) is 30.7 Å². The number of halogens is 1. The minimum Gasteiger partial charge on any atom is -0.389 e. The van der Waals surface area contributed by atoms with E-state index in [1.807, 2.05) is 42.1 Å². The fourth-order valence-electron chi connectivity index (χ4n) is 5.68. The van der Waals surface area contributed by atoms with Gasteiger partial charge in [-0.05, 0) is 86.6 Å². The summed E-state index contributed by atoms with van der Waals surface area (Å²) >= 11 is 0. The Labute approximate surface area is 199 Å². The molecule has 5 nitrogen and oxygen atoms in total. The lowest BCUT2D eigenvalue weighted by atomic mass is 9.65. The van der Waals surface area contributed by atoms with Crippen molar-refractivity contribution in [2.75, 3.05) is 6.54 Å². The van der Waals surface area contributed by atoms with Gasteiger partial charge in [0.1, 0.15) is 5.82 Å². The summed E-state index contributed by atoms with van der Waals surface area (Å²) in [7, 11) is 0. The van der Waals surface area contributed by atoms with Crippen LogP contribution >= 0.6 is 0 Å². The average molecular weight is 460 g/mol. The summed E-state index contributed by atoms with van der Waals surface area (Å²) in [5, 5.41) is 19.4. The SMILES string of the molecule is CCNC(=O)c1ccccc1CC[C@]1(O)CCC2=Cc3c(cnn3-c3ccc(F)cc3)CC21C. The van der Waals surface area contributed by atoms with E-state index in [4.69, 9.17) is 0 Å². The normalized spacial score (nSPS) is 23.2. The molecule has 0 radical (unpaired) electrons. The lowest BCUT2D eigenvalue weighted by Crippen LogP contribution is -2.45. The van der Waals surface area contributed by atoms with E-state index in [2.05, 4.69) is 23.4 Å². The number of rotatable bonds is 6. The molecule has 3 aromatic rings. The zero-order valence-corrected chi connectivity index (χ0v) is 19.6. The third kappa shape index (κ3) is 3.66. The molecule has 0 spiro atoms. The molecule has 2 aromatic carbocycles. The van der Waals surface area contributed by atoms with Gasteiger partial charge >= 0.3 is 0 Å². The molecule has 5 rings (SSSR count). The maximum atomic E-state index is 13.4. The number of carbonyl (C=O) groups is 1. The Kier molecular flexibility index (Phi) is 5.64. The van der Waals surface area contributed by atoms with Crippen molar-refractivity contribution in [1.29, 1.82) is 0 Å². The van der Waals surface area contributed by atoms with Crippen molar-refractivity contribution in [3.63, 3.8) is 0 Å². The molecule has 0 bridgehead atoms. The van der Waals surface area contributed by atoms with Crippen molar-refractivity contribution in [3.8, 4) is 5.69 Å². The van der Waals surface area contributed by atoms with Crippen LogP contribution in [0, 0.1) is 11.2 Å². The second kappa shape index (κ2) is 8.51.